The molecule has 37 heavy (non-hydrogen) atoms. The summed E-state index contributed by atoms with van der Waals surface area (Å²) in [7, 11) is 0. The van der Waals surface area contributed by atoms with Crippen LogP contribution in [0.5, 0.6) is 11.5 Å². The van der Waals surface area contributed by atoms with E-state index in [2.05, 4.69) is 9.97 Å². The third-order valence-electron chi connectivity index (χ3n) is 6.15. The Hall–Kier alpha value is -4.12. The predicted molar refractivity (Wildman–Crippen MR) is 152 cm³/mol. The van der Waals surface area contributed by atoms with Crippen LogP contribution in [0.1, 0.15) is 5.56 Å². The van der Waals surface area contributed by atoms with Gasteiger partial charge in [-0.1, -0.05) is 77.8 Å². The molecule has 6 rings (SSSR count). The quantitative estimate of drug-likeness (QED) is 0.237. The van der Waals surface area contributed by atoms with Gasteiger partial charge in [0.05, 0.1) is 10.0 Å². The van der Waals surface area contributed by atoms with E-state index in [1.165, 1.54) is 0 Å². The minimum absolute atomic E-state index is 0.168. The zero-order valence-corrected chi connectivity index (χ0v) is 21.4. The fourth-order valence-electron chi connectivity index (χ4n) is 4.29. The molecule has 4 nitrogen and oxygen atoms in total. The van der Waals surface area contributed by atoms with E-state index >= 15 is 0 Å². The Labute approximate surface area is 224 Å². The number of halogens is 2. The fraction of sp³-hybridized carbons (Fsp3) is 0.0323. The lowest BCUT2D eigenvalue weighted by molar-refractivity contribution is 0.482. The molecule has 0 spiro atoms. The first kappa shape index (κ1) is 24.6. The van der Waals surface area contributed by atoms with Crippen molar-refractivity contribution in [2.45, 2.75) is 6.92 Å². The summed E-state index contributed by atoms with van der Waals surface area (Å²) in [5.74, 6) is 0.343. The number of phenols is 2. The van der Waals surface area contributed by atoms with Gasteiger partial charge in [0.25, 0.3) is 0 Å². The summed E-state index contributed by atoms with van der Waals surface area (Å²) in [5, 5.41) is 23.4. The van der Waals surface area contributed by atoms with Crippen molar-refractivity contribution < 1.29 is 10.2 Å². The van der Waals surface area contributed by atoms with E-state index in [9.17, 15) is 10.2 Å². The maximum atomic E-state index is 10.4. The van der Waals surface area contributed by atoms with E-state index in [-0.39, 0.29) is 11.5 Å². The van der Waals surface area contributed by atoms with Gasteiger partial charge < -0.3 is 10.2 Å². The maximum Gasteiger partial charge on any atom is 0.149 e. The van der Waals surface area contributed by atoms with Crippen LogP contribution < -0.4 is 0 Å². The summed E-state index contributed by atoms with van der Waals surface area (Å²) in [6.45, 7) is 2.01. The monoisotopic (exact) mass is 524 g/mol. The van der Waals surface area contributed by atoms with Crippen LogP contribution in [0.2, 0.25) is 10.0 Å². The second kappa shape index (κ2) is 10.5. The number of nitrogens with zero attached hydrogens (tertiary/aromatic N) is 2. The molecule has 2 heterocycles. The van der Waals surface area contributed by atoms with Gasteiger partial charge in [-0.2, -0.15) is 0 Å². The Morgan fingerprint density at radius 1 is 0.568 bits per heavy atom. The number of fused-ring (bicyclic) bond motifs is 2. The smallest absolute Gasteiger partial charge is 0.149 e. The first-order chi connectivity index (χ1) is 18.0. The Kier molecular flexibility index (Phi) is 6.95. The molecule has 2 aromatic heterocycles. The van der Waals surface area contributed by atoms with Gasteiger partial charge in [0.1, 0.15) is 22.5 Å². The van der Waals surface area contributed by atoms with Crippen LogP contribution in [0.3, 0.4) is 0 Å². The number of hydrogen-bond donors (Lipinski definition) is 2. The van der Waals surface area contributed by atoms with Crippen LogP contribution in [-0.2, 0) is 0 Å². The van der Waals surface area contributed by atoms with Gasteiger partial charge in [0.15, 0.2) is 0 Å². The van der Waals surface area contributed by atoms with Crippen molar-refractivity contribution in [1.29, 1.82) is 0 Å². The average Bonchev–Trinajstić information content (AvgIpc) is 2.94. The highest BCUT2D eigenvalue weighted by molar-refractivity contribution is 6.36. The minimum Gasteiger partial charge on any atom is -0.505 e. The number of aromatic nitrogens is 2. The summed E-state index contributed by atoms with van der Waals surface area (Å²) in [5.41, 5.74) is 5.46. The number of benzene rings is 4. The molecule has 182 valence electrons. The minimum atomic E-state index is 0.168. The molecule has 4 aromatic carbocycles. The van der Waals surface area contributed by atoms with E-state index < -0.39 is 0 Å². The van der Waals surface area contributed by atoms with Gasteiger partial charge in [-0.15, -0.1) is 0 Å². The molecule has 0 aliphatic carbocycles. The molecule has 0 bridgehead atoms. The molecule has 0 fully saturated rings. The van der Waals surface area contributed by atoms with Crippen molar-refractivity contribution in [3.05, 3.63) is 119 Å². The van der Waals surface area contributed by atoms with Gasteiger partial charge >= 0.3 is 0 Å². The van der Waals surface area contributed by atoms with Crippen molar-refractivity contribution in [1.82, 2.24) is 9.97 Å². The van der Waals surface area contributed by atoms with Gasteiger partial charge in [-0.25, -0.2) is 0 Å². The Morgan fingerprint density at radius 3 is 1.68 bits per heavy atom. The number of aryl methyl sites for hydroxylation is 1. The van der Waals surface area contributed by atoms with Crippen LogP contribution in [-0.4, -0.2) is 20.2 Å². The highest BCUT2D eigenvalue weighted by atomic mass is 35.5. The molecule has 6 aromatic rings. The molecule has 0 amide bonds. The van der Waals surface area contributed by atoms with Crippen molar-refractivity contribution in [2.24, 2.45) is 0 Å². The van der Waals surface area contributed by atoms with Crippen LogP contribution in [0.25, 0.3) is 44.1 Å². The van der Waals surface area contributed by atoms with Crippen LogP contribution in [0.15, 0.2) is 103 Å². The standard InChI is InChI=1S/C16H12ClNO.C15H10ClNO/c1-10-5-2-3-6-11(10)13-9-14(17)12-7-4-8-18-15(12)16(13)19;16-13-9-12(10-5-2-1-3-6-10)15(18)14-11(13)7-4-8-17-14/h2-9,19H,1H3;1-9,18H. The van der Waals surface area contributed by atoms with Gasteiger partial charge in [0.2, 0.25) is 0 Å². The third kappa shape index (κ3) is 4.82. The number of phenolic OH excluding ortho intramolecular Hbond substituents is 2. The fourth-order valence-corrected chi connectivity index (χ4v) is 4.82. The Bertz CT molecular complexity index is 1740. The van der Waals surface area contributed by atoms with Crippen molar-refractivity contribution in [3.8, 4) is 33.8 Å². The van der Waals surface area contributed by atoms with Crippen LogP contribution in [0, 0.1) is 6.92 Å². The third-order valence-corrected chi connectivity index (χ3v) is 6.78. The van der Waals surface area contributed by atoms with Gasteiger partial charge in [-0.3, -0.25) is 9.97 Å². The summed E-state index contributed by atoms with van der Waals surface area (Å²) >= 11 is 12.5. The van der Waals surface area contributed by atoms with E-state index in [0.29, 0.717) is 32.2 Å². The van der Waals surface area contributed by atoms with E-state index in [0.717, 1.165) is 27.5 Å². The number of pyridine rings is 2. The second-order valence-corrected chi connectivity index (χ2v) is 9.30. The average molecular weight is 525 g/mol. The zero-order chi connectivity index (χ0) is 25.9. The van der Waals surface area contributed by atoms with Crippen LogP contribution >= 0.6 is 23.2 Å². The van der Waals surface area contributed by atoms with E-state index in [1.807, 2.05) is 73.7 Å². The van der Waals surface area contributed by atoms with Crippen molar-refractivity contribution in [3.63, 3.8) is 0 Å². The highest BCUT2D eigenvalue weighted by Crippen LogP contribution is 2.40. The van der Waals surface area contributed by atoms with Crippen molar-refractivity contribution in [2.75, 3.05) is 0 Å². The molecular formula is C31H22Cl2N2O2. The first-order valence-corrected chi connectivity index (χ1v) is 12.3. The molecule has 0 saturated carbocycles. The molecule has 0 unspecified atom stereocenters. The summed E-state index contributed by atoms with van der Waals surface area (Å²) in [4.78, 5) is 8.42. The van der Waals surface area contributed by atoms with Gasteiger partial charge in [0, 0.05) is 34.3 Å². The molecular weight excluding hydrogens is 503 g/mol. The first-order valence-electron chi connectivity index (χ1n) is 11.6. The molecule has 0 aliphatic heterocycles. The van der Waals surface area contributed by atoms with E-state index in [1.54, 1.807) is 36.7 Å². The molecule has 6 heteroatoms. The Morgan fingerprint density at radius 2 is 1.08 bits per heavy atom. The molecule has 2 N–H and O–H groups in total. The molecule has 0 atom stereocenters. The maximum absolute atomic E-state index is 10.4. The SMILES string of the molecule is Cc1ccccc1-c1cc(Cl)c2cccnc2c1O.Oc1c(-c2ccccc2)cc(Cl)c2cccnc12. The number of hydrogen-bond acceptors (Lipinski definition) is 4. The summed E-state index contributed by atoms with van der Waals surface area (Å²) in [6.07, 6.45) is 3.30. The largest absolute Gasteiger partial charge is 0.505 e. The lowest BCUT2D eigenvalue weighted by Gasteiger charge is -2.11. The normalized spacial score (nSPS) is 10.8. The lowest BCUT2D eigenvalue weighted by atomic mass is 9.98. The predicted octanol–water partition coefficient (Wildman–Crippen LogP) is 8.83. The molecule has 0 radical (unpaired) electrons. The van der Waals surface area contributed by atoms with Gasteiger partial charge in [-0.05, 0) is 60.0 Å². The highest BCUT2D eigenvalue weighted by Gasteiger charge is 2.14. The second-order valence-electron chi connectivity index (χ2n) is 8.49. The van der Waals surface area contributed by atoms with Crippen molar-refractivity contribution >= 4 is 45.0 Å². The summed E-state index contributed by atoms with van der Waals surface area (Å²) in [6, 6.07) is 28.4. The summed E-state index contributed by atoms with van der Waals surface area (Å²) < 4.78 is 0. The van der Waals surface area contributed by atoms with Crippen LogP contribution in [0.4, 0.5) is 0 Å². The topological polar surface area (TPSA) is 66.2 Å². The zero-order valence-electron chi connectivity index (χ0n) is 19.9. The lowest BCUT2D eigenvalue weighted by Crippen LogP contribution is -1.87. The van der Waals surface area contributed by atoms with E-state index in [4.69, 9.17) is 23.2 Å². The number of aromatic hydroxyl groups is 2. The molecule has 0 saturated heterocycles. The Balaban J connectivity index is 0.000000152. The molecule has 0 aliphatic rings. The number of rotatable bonds is 2.